The Bertz CT molecular complexity index is 1380. The van der Waals surface area contributed by atoms with Gasteiger partial charge in [-0.15, -0.1) is 0 Å². The van der Waals surface area contributed by atoms with Gasteiger partial charge in [-0.1, -0.05) is 126 Å². The Labute approximate surface area is 264 Å². The van der Waals surface area contributed by atoms with Crippen molar-refractivity contribution in [1.82, 2.24) is 0 Å². The van der Waals surface area contributed by atoms with Gasteiger partial charge in [0.2, 0.25) is 0 Å². The lowest BCUT2D eigenvalue weighted by atomic mass is 9.70. The normalized spacial score (nSPS) is 20.5. The first-order valence-electron chi connectivity index (χ1n) is 17.5. The average molecular weight is 601 g/mol. The van der Waals surface area contributed by atoms with E-state index in [1.165, 1.54) is 63.4 Å². The van der Waals surface area contributed by atoms with E-state index in [4.69, 9.17) is 0 Å². The third kappa shape index (κ3) is 8.06. The second-order valence-electron chi connectivity index (χ2n) is 13.5. The van der Waals surface area contributed by atoms with E-state index in [2.05, 4.69) is 19.9 Å². The predicted molar refractivity (Wildman–Crippen MR) is 180 cm³/mol. The van der Waals surface area contributed by atoms with Crippen molar-refractivity contribution in [1.29, 1.82) is 0 Å². The van der Waals surface area contributed by atoms with Crippen LogP contribution in [0.2, 0.25) is 0 Å². The minimum Gasteiger partial charge on any atom is -0.206 e. The highest BCUT2D eigenvalue weighted by Gasteiger charge is 2.28. The van der Waals surface area contributed by atoms with Gasteiger partial charge < -0.3 is 0 Å². The Morgan fingerprint density at radius 3 is 1.93 bits per heavy atom. The number of unbranched alkanes of at least 4 members (excludes halogenated alkanes) is 5. The van der Waals surface area contributed by atoms with E-state index in [1.54, 1.807) is 42.5 Å². The maximum atomic E-state index is 15.4. The van der Waals surface area contributed by atoms with Crippen LogP contribution in [-0.4, -0.2) is 0 Å². The summed E-state index contributed by atoms with van der Waals surface area (Å²) >= 11 is 0. The Hall–Kier alpha value is -2.81. The highest BCUT2D eigenvalue weighted by atomic mass is 19.2. The summed E-state index contributed by atoms with van der Waals surface area (Å²) in [6, 6.07) is 16.0. The lowest BCUT2D eigenvalue weighted by molar-refractivity contribution is 0.187. The SMILES string of the molecule is CCCCCCc1ccc(-c2ccc(-c3ccc(C4=CCC(C5CCC(CCCCC)CC5)CC4)cc3F)cc2)c(F)c1F. The molecule has 1 unspecified atom stereocenters. The fraction of sp³-hybridized carbons (Fsp3) is 0.512. The van der Waals surface area contributed by atoms with Crippen molar-refractivity contribution in [3.63, 3.8) is 0 Å². The van der Waals surface area contributed by atoms with E-state index < -0.39 is 11.6 Å². The maximum Gasteiger partial charge on any atom is 0.166 e. The molecule has 3 heteroatoms. The van der Waals surface area contributed by atoms with E-state index in [1.807, 2.05) is 12.1 Å². The molecule has 0 radical (unpaired) electrons. The molecule has 3 aromatic carbocycles. The number of aryl methyl sites for hydroxylation is 1. The van der Waals surface area contributed by atoms with Gasteiger partial charge in [0, 0.05) is 11.1 Å². The third-order valence-electron chi connectivity index (χ3n) is 10.5. The first-order chi connectivity index (χ1) is 21.5. The van der Waals surface area contributed by atoms with Crippen molar-refractivity contribution < 1.29 is 13.2 Å². The van der Waals surface area contributed by atoms with E-state index in [0.717, 1.165) is 67.4 Å². The molecule has 1 atom stereocenters. The molecule has 0 amide bonds. The van der Waals surface area contributed by atoms with Gasteiger partial charge in [0.15, 0.2) is 11.6 Å². The zero-order valence-electron chi connectivity index (χ0n) is 27.0. The van der Waals surface area contributed by atoms with E-state index in [0.29, 0.717) is 23.1 Å². The molecule has 2 aliphatic rings. The second-order valence-corrected chi connectivity index (χ2v) is 13.5. The number of halogens is 3. The average Bonchev–Trinajstić information content (AvgIpc) is 3.06. The Balaban J connectivity index is 1.19. The predicted octanol–water partition coefficient (Wildman–Crippen LogP) is 13.1. The minimum absolute atomic E-state index is 0.240. The molecule has 0 nitrogen and oxygen atoms in total. The van der Waals surface area contributed by atoms with Crippen LogP contribution in [0.4, 0.5) is 13.2 Å². The first kappa shape index (κ1) is 32.6. The summed E-state index contributed by atoms with van der Waals surface area (Å²) in [4.78, 5) is 0. The van der Waals surface area contributed by atoms with Crippen molar-refractivity contribution in [2.75, 3.05) is 0 Å². The zero-order chi connectivity index (χ0) is 30.9. The molecule has 5 rings (SSSR count). The van der Waals surface area contributed by atoms with Crippen LogP contribution < -0.4 is 0 Å². The summed E-state index contributed by atoms with van der Waals surface area (Å²) in [5.74, 6) is 0.779. The monoisotopic (exact) mass is 600 g/mol. The third-order valence-corrected chi connectivity index (χ3v) is 10.5. The van der Waals surface area contributed by atoms with Gasteiger partial charge >= 0.3 is 0 Å². The van der Waals surface area contributed by atoms with E-state index in [-0.39, 0.29) is 11.4 Å². The first-order valence-corrected chi connectivity index (χ1v) is 17.5. The molecule has 0 N–H and O–H groups in total. The number of rotatable bonds is 13. The number of benzene rings is 3. The van der Waals surface area contributed by atoms with Gasteiger partial charge in [-0.05, 0) is 96.6 Å². The van der Waals surface area contributed by atoms with Crippen LogP contribution in [0.5, 0.6) is 0 Å². The van der Waals surface area contributed by atoms with E-state index in [9.17, 15) is 8.78 Å². The molecule has 0 heterocycles. The fourth-order valence-electron chi connectivity index (χ4n) is 7.70. The molecule has 0 aromatic heterocycles. The standard InChI is InChI=1S/C41H51F3/c1-3-5-7-9-11-35-24-27-38(41(44)40(35)43)34-22-20-33(21-23-34)37-26-25-36(28-39(37)42)32-18-16-31(17-19-32)30-14-12-29(13-15-30)10-8-6-4-2/h18,20-31H,3-17,19H2,1-2H3. The maximum absolute atomic E-state index is 15.4. The second kappa shape index (κ2) is 16.0. The van der Waals surface area contributed by atoms with Crippen molar-refractivity contribution in [2.45, 2.75) is 117 Å². The fourth-order valence-corrected chi connectivity index (χ4v) is 7.70. The highest BCUT2D eigenvalue weighted by molar-refractivity contribution is 5.74. The Kier molecular flexibility index (Phi) is 11.8. The van der Waals surface area contributed by atoms with Crippen LogP contribution in [0, 0.1) is 35.2 Å². The summed E-state index contributed by atoms with van der Waals surface area (Å²) in [5, 5.41) is 0. The summed E-state index contributed by atoms with van der Waals surface area (Å²) < 4.78 is 45.2. The van der Waals surface area contributed by atoms with Crippen LogP contribution in [0.25, 0.3) is 27.8 Å². The number of hydrogen-bond donors (Lipinski definition) is 0. The number of hydrogen-bond acceptors (Lipinski definition) is 0. The molecular formula is C41H51F3. The van der Waals surface area contributed by atoms with Gasteiger partial charge in [-0.3, -0.25) is 0 Å². The molecule has 0 saturated heterocycles. The molecule has 0 bridgehead atoms. The van der Waals surface area contributed by atoms with Gasteiger partial charge in [-0.2, -0.15) is 0 Å². The lowest BCUT2D eigenvalue weighted by Crippen LogP contribution is -2.23. The van der Waals surface area contributed by atoms with Crippen molar-refractivity contribution >= 4 is 5.57 Å². The van der Waals surface area contributed by atoms with E-state index >= 15 is 4.39 Å². The van der Waals surface area contributed by atoms with Crippen LogP contribution in [0.1, 0.15) is 121 Å². The zero-order valence-corrected chi connectivity index (χ0v) is 27.0. The molecule has 3 aromatic rings. The summed E-state index contributed by atoms with van der Waals surface area (Å²) in [7, 11) is 0. The quantitative estimate of drug-likeness (QED) is 0.171. The molecule has 44 heavy (non-hydrogen) atoms. The van der Waals surface area contributed by atoms with Crippen molar-refractivity contribution in [2.24, 2.45) is 17.8 Å². The van der Waals surface area contributed by atoms with Crippen LogP contribution in [0.3, 0.4) is 0 Å². The Morgan fingerprint density at radius 1 is 0.614 bits per heavy atom. The molecule has 0 spiro atoms. The lowest BCUT2D eigenvalue weighted by Gasteiger charge is -2.35. The summed E-state index contributed by atoms with van der Waals surface area (Å²) in [6.45, 7) is 4.42. The molecule has 1 fully saturated rings. The largest absolute Gasteiger partial charge is 0.206 e. The van der Waals surface area contributed by atoms with Crippen molar-refractivity contribution in [3.8, 4) is 22.3 Å². The van der Waals surface area contributed by atoms with Gasteiger partial charge in [-0.25, -0.2) is 13.2 Å². The summed E-state index contributed by atoms with van der Waals surface area (Å²) in [5.41, 5.74) is 4.77. The van der Waals surface area contributed by atoms with Gasteiger partial charge in [0.25, 0.3) is 0 Å². The Morgan fingerprint density at radius 2 is 1.27 bits per heavy atom. The smallest absolute Gasteiger partial charge is 0.166 e. The van der Waals surface area contributed by atoms with Crippen LogP contribution >= 0.6 is 0 Å². The number of allylic oxidation sites excluding steroid dienone is 2. The topological polar surface area (TPSA) is 0 Å². The van der Waals surface area contributed by atoms with Crippen molar-refractivity contribution in [3.05, 3.63) is 89.3 Å². The van der Waals surface area contributed by atoms with Crippen LogP contribution in [-0.2, 0) is 6.42 Å². The molecule has 236 valence electrons. The molecule has 2 aliphatic carbocycles. The van der Waals surface area contributed by atoms with Crippen LogP contribution in [0.15, 0.2) is 60.7 Å². The molecule has 0 aliphatic heterocycles. The molecule has 1 saturated carbocycles. The molecular weight excluding hydrogens is 549 g/mol. The minimum atomic E-state index is -0.806. The van der Waals surface area contributed by atoms with Gasteiger partial charge in [0.1, 0.15) is 5.82 Å². The summed E-state index contributed by atoms with van der Waals surface area (Å²) in [6.07, 6.45) is 21.5. The van der Waals surface area contributed by atoms with Gasteiger partial charge in [0.05, 0.1) is 0 Å². The highest BCUT2D eigenvalue weighted by Crippen LogP contribution is 2.42.